The van der Waals surface area contributed by atoms with Crippen LogP contribution in [0.3, 0.4) is 0 Å². The Morgan fingerprint density at radius 3 is 2.71 bits per heavy atom. The maximum absolute atomic E-state index is 11.3. The number of amides is 1. The molecule has 88 valence electrons. The summed E-state index contributed by atoms with van der Waals surface area (Å²) in [6, 6.07) is 13.4. The van der Waals surface area contributed by atoms with Gasteiger partial charge in [0.15, 0.2) is 0 Å². The highest BCUT2D eigenvalue weighted by atomic mass is 16.6. The molecule has 0 radical (unpaired) electrons. The summed E-state index contributed by atoms with van der Waals surface area (Å²) in [4.78, 5) is 11.3. The third-order valence-electron chi connectivity index (χ3n) is 2.35. The van der Waals surface area contributed by atoms with Crippen LogP contribution in [-0.2, 0) is 0 Å². The van der Waals surface area contributed by atoms with Crippen molar-refractivity contribution < 1.29 is 9.53 Å². The molecule has 2 rings (SSSR count). The van der Waals surface area contributed by atoms with Crippen molar-refractivity contribution in [1.82, 2.24) is 5.32 Å². The van der Waals surface area contributed by atoms with Crippen LogP contribution < -0.4 is 15.8 Å². The van der Waals surface area contributed by atoms with Crippen LogP contribution in [0.1, 0.15) is 0 Å². The van der Waals surface area contributed by atoms with Gasteiger partial charge in [-0.3, -0.25) is 0 Å². The first-order valence-electron chi connectivity index (χ1n) is 5.44. The summed E-state index contributed by atoms with van der Waals surface area (Å²) in [5, 5.41) is 4.69. The van der Waals surface area contributed by atoms with E-state index in [9.17, 15) is 4.79 Å². The second-order valence-electron chi connectivity index (χ2n) is 3.61. The highest BCUT2D eigenvalue weighted by Gasteiger charge is 2.03. The molecule has 0 bridgehead atoms. The molecule has 3 N–H and O–H groups in total. The minimum Gasteiger partial charge on any atom is -0.410 e. The van der Waals surface area contributed by atoms with Gasteiger partial charge in [0.1, 0.15) is 5.75 Å². The van der Waals surface area contributed by atoms with Crippen LogP contribution in [0.5, 0.6) is 5.75 Å². The van der Waals surface area contributed by atoms with Crippen LogP contribution in [0.4, 0.5) is 4.79 Å². The van der Waals surface area contributed by atoms with Gasteiger partial charge in [-0.15, -0.1) is 0 Å². The number of nitrogens with two attached hydrogens (primary N) is 1. The topological polar surface area (TPSA) is 64.3 Å². The van der Waals surface area contributed by atoms with Crippen LogP contribution in [0.2, 0.25) is 0 Å². The average Bonchev–Trinajstić information content (AvgIpc) is 2.36. The van der Waals surface area contributed by atoms with Crippen LogP contribution in [0.15, 0.2) is 42.5 Å². The largest absolute Gasteiger partial charge is 0.412 e. The summed E-state index contributed by atoms with van der Waals surface area (Å²) in [6.45, 7) is 0.805. The van der Waals surface area contributed by atoms with Crippen molar-refractivity contribution in [2.75, 3.05) is 13.1 Å². The van der Waals surface area contributed by atoms with Crippen molar-refractivity contribution in [3.63, 3.8) is 0 Å². The second-order valence-corrected chi connectivity index (χ2v) is 3.61. The number of carbonyl (C=O) groups is 1. The lowest BCUT2D eigenvalue weighted by molar-refractivity contribution is 0.201. The zero-order valence-corrected chi connectivity index (χ0v) is 9.35. The quantitative estimate of drug-likeness (QED) is 0.846. The molecule has 0 saturated heterocycles. The number of ether oxygens (including phenoxy) is 1. The molecule has 0 aromatic heterocycles. The van der Waals surface area contributed by atoms with Crippen molar-refractivity contribution in [3.05, 3.63) is 42.5 Å². The van der Waals surface area contributed by atoms with E-state index in [-0.39, 0.29) is 0 Å². The molecule has 0 spiro atoms. The lowest BCUT2D eigenvalue weighted by Crippen LogP contribution is -2.31. The van der Waals surface area contributed by atoms with E-state index < -0.39 is 6.09 Å². The molecule has 0 aliphatic heterocycles. The van der Waals surface area contributed by atoms with Crippen LogP contribution in [0.25, 0.3) is 10.8 Å². The van der Waals surface area contributed by atoms with Gasteiger partial charge in [0, 0.05) is 13.1 Å². The lowest BCUT2D eigenvalue weighted by Gasteiger charge is -2.06. The van der Waals surface area contributed by atoms with Gasteiger partial charge in [0.25, 0.3) is 0 Å². The third kappa shape index (κ3) is 2.95. The molecular weight excluding hydrogens is 216 g/mol. The van der Waals surface area contributed by atoms with Gasteiger partial charge in [-0.25, -0.2) is 4.79 Å². The number of rotatable bonds is 3. The fraction of sp³-hybridized carbons (Fsp3) is 0.154. The van der Waals surface area contributed by atoms with Crippen molar-refractivity contribution in [2.45, 2.75) is 0 Å². The normalized spacial score (nSPS) is 10.2. The van der Waals surface area contributed by atoms with Gasteiger partial charge in [-0.05, 0) is 22.9 Å². The summed E-state index contributed by atoms with van der Waals surface area (Å²) in [5.41, 5.74) is 5.27. The number of carbonyl (C=O) groups excluding carboxylic acids is 1. The molecule has 2 aromatic carbocycles. The standard InChI is InChI=1S/C13H14N2O2/c14-7-8-15-13(16)17-12-6-5-10-3-1-2-4-11(10)9-12/h1-6,9H,7-8,14H2,(H,15,16). The number of fused-ring (bicyclic) bond motifs is 1. The molecule has 2 aromatic rings. The van der Waals surface area contributed by atoms with Gasteiger partial charge >= 0.3 is 6.09 Å². The zero-order chi connectivity index (χ0) is 12.1. The Kier molecular flexibility index (Phi) is 3.57. The SMILES string of the molecule is NCCNC(=O)Oc1ccc2ccccc2c1. The van der Waals surface area contributed by atoms with Gasteiger partial charge in [-0.1, -0.05) is 30.3 Å². The number of hydrogen-bond donors (Lipinski definition) is 2. The Hall–Kier alpha value is -2.07. The van der Waals surface area contributed by atoms with Crippen molar-refractivity contribution in [1.29, 1.82) is 0 Å². The maximum Gasteiger partial charge on any atom is 0.412 e. The van der Waals surface area contributed by atoms with Gasteiger partial charge in [0.05, 0.1) is 0 Å². The first-order valence-corrected chi connectivity index (χ1v) is 5.44. The summed E-state index contributed by atoms with van der Waals surface area (Å²) in [7, 11) is 0. The Balaban J connectivity index is 2.11. The van der Waals surface area contributed by atoms with Crippen molar-refractivity contribution in [2.24, 2.45) is 5.73 Å². The Morgan fingerprint density at radius 1 is 1.18 bits per heavy atom. The highest BCUT2D eigenvalue weighted by molar-refractivity contribution is 5.84. The molecule has 0 unspecified atom stereocenters. The van der Waals surface area contributed by atoms with Gasteiger partial charge in [0.2, 0.25) is 0 Å². The summed E-state index contributed by atoms with van der Waals surface area (Å²) in [5.74, 6) is 0.526. The number of benzene rings is 2. The van der Waals surface area contributed by atoms with E-state index in [0.29, 0.717) is 18.8 Å². The smallest absolute Gasteiger partial charge is 0.410 e. The molecule has 0 heterocycles. The molecule has 17 heavy (non-hydrogen) atoms. The first-order chi connectivity index (χ1) is 8.29. The van der Waals surface area contributed by atoms with E-state index in [4.69, 9.17) is 10.5 Å². The van der Waals surface area contributed by atoms with Crippen molar-refractivity contribution in [3.8, 4) is 5.75 Å². The number of nitrogens with one attached hydrogen (secondary N) is 1. The summed E-state index contributed by atoms with van der Waals surface area (Å²) in [6.07, 6.45) is -0.481. The minimum absolute atomic E-state index is 0.396. The molecule has 4 nitrogen and oxygen atoms in total. The average molecular weight is 230 g/mol. The molecule has 0 fully saturated rings. The fourth-order valence-corrected chi connectivity index (χ4v) is 1.55. The molecule has 0 aliphatic carbocycles. The highest BCUT2D eigenvalue weighted by Crippen LogP contribution is 2.20. The lowest BCUT2D eigenvalue weighted by atomic mass is 10.1. The third-order valence-corrected chi connectivity index (χ3v) is 2.35. The maximum atomic E-state index is 11.3. The predicted molar refractivity (Wildman–Crippen MR) is 67.0 cm³/mol. The molecule has 1 amide bonds. The summed E-state index contributed by atoms with van der Waals surface area (Å²) >= 11 is 0. The van der Waals surface area contributed by atoms with Crippen LogP contribution in [0, 0.1) is 0 Å². The molecule has 0 saturated carbocycles. The molecule has 0 aliphatic rings. The molecule has 4 heteroatoms. The zero-order valence-electron chi connectivity index (χ0n) is 9.35. The Bertz CT molecular complexity index is 526. The van der Waals surface area contributed by atoms with E-state index in [1.807, 2.05) is 36.4 Å². The Morgan fingerprint density at radius 2 is 1.94 bits per heavy atom. The van der Waals surface area contributed by atoms with E-state index in [1.54, 1.807) is 6.07 Å². The predicted octanol–water partition coefficient (Wildman–Crippen LogP) is 1.89. The van der Waals surface area contributed by atoms with Crippen molar-refractivity contribution >= 4 is 16.9 Å². The van der Waals surface area contributed by atoms with Gasteiger partial charge in [-0.2, -0.15) is 0 Å². The minimum atomic E-state index is -0.481. The Labute approximate surface area is 99.4 Å². The van der Waals surface area contributed by atoms with Crippen LogP contribution in [-0.4, -0.2) is 19.2 Å². The van der Waals surface area contributed by atoms with Crippen LogP contribution >= 0.6 is 0 Å². The molecular formula is C13H14N2O2. The van der Waals surface area contributed by atoms with E-state index in [0.717, 1.165) is 10.8 Å². The second kappa shape index (κ2) is 5.32. The monoisotopic (exact) mass is 230 g/mol. The van der Waals surface area contributed by atoms with Gasteiger partial charge < -0.3 is 15.8 Å². The molecule has 0 atom stereocenters. The van der Waals surface area contributed by atoms with E-state index in [2.05, 4.69) is 5.32 Å². The fourth-order valence-electron chi connectivity index (χ4n) is 1.55. The number of hydrogen-bond acceptors (Lipinski definition) is 3. The first kappa shape index (κ1) is 11.4. The van der Waals surface area contributed by atoms with E-state index in [1.165, 1.54) is 0 Å². The summed E-state index contributed by atoms with van der Waals surface area (Å²) < 4.78 is 5.12. The van der Waals surface area contributed by atoms with E-state index >= 15 is 0 Å².